The average Bonchev–Trinajstić information content (AvgIpc) is 2.39. The second-order valence-corrected chi connectivity index (χ2v) is 4.49. The molecule has 0 bridgehead atoms. The van der Waals surface area contributed by atoms with Crippen molar-refractivity contribution in [1.29, 1.82) is 0 Å². The van der Waals surface area contributed by atoms with Gasteiger partial charge in [-0.25, -0.2) is 0 Å². The number of ether oxygens (including phenoxy) is 1. The van der Waals surface area contributed by atoms with Crippen LogP contribution in [0, 0.1) is 6.92 Å². The summed E-state index contributed by atoms with van der Waals surface area (Å²) in [4.78, 5) is 11.2. The van der Waals surface area contributed by atoms with Crippen LogP contribution >= 0.6 is 0 Å². The molecule has 0 aliphatic rings. The number of benzene rings is 1. The van der Waals surface area contributed by atoms with Gasteiger partial charge in [0.05, 0.1) is 7.11 Å². The van der Waals surface area contributed by atoms with E-state index in [0.717, 1.165) is 16.9 Å². The molecule has 1 amide bonds. The molecule has 19 heavy (non-hydrogen) atoms. The molecule has 2 rings (SSSR count). The lowest BCUT2D eigenvalue weighted by atomic mass is 10.2. The van der Waals surface area contributed by atoms with Crippen molar-refractivity contribution in [3.63, 3.8) is 0 Å². The maximum Gasteiger partial charge on any atom is 0.254 e. The molecular weight excluding hydrogens is 240 g/mol. The fourth-order valence-electron chi connectivity index (χ4n) is 1.97. The minimum absolute atomic E-state index is 0.410. The van der Waals surface area contributed by atoms with Crippen LogP contribution in [0.2, 0.25) is 0 Å². The predicted octanol–water partition coefficient (Wildman–Crippen LogP) is 1.44. The number of rotatable bonds is 4. The maximum absolute atomic E-state index is 11.2. The zero-order chi connectivity index (χ0) is 13.8. The third-order valence-electron chi connectivity index (χ3n) is 2.87. The molecule has 1 aromatic heterocycles. The molecule has 4 heteroatoms. The van der Waals surface area contributed by atoms with E-state index in [1.807, 2.05) is 42.0 Å². The first-order chi connectivity index (χ1) is 9.08. The summed E-state index contributed by atoms with van der Waals surface area (Å²) in [7, 11) is 1.64. The molecule has 0 aliphatic heterocycles. The van der Waals surface area contributed by atoms with Gasteiger partial charge in [0.1, 0.15) is 11.3 Å². The molecule has 0 saturated heterocycles. The quantitative estimate of drug-likeness (QED) is 0.843. The van der Waals surface area contributed by atoms with Crippen molar-refractivity contribution >= 4 is 5.91 Å². The Bertz CT molecular complexity index is 592. The number of pyridine rings is 1. The van der Waals surface area contributed by atoms with E-state index in [9.17, 15) is 4.79 Å². The van der Waals surface area contributed by atoms with Crippen molar-refractivity contribution in [3.05, 3.63) is 59.4 Å². The van der Waals surface area contributed by atoms with E-state index < -0.39 is 5.91 Å². The third-order valence-corrected chi connectivity index (χ3v) is 2.87. The smallest absolute Gasteiger partial charge is 0.254 e. The fraction of sp³-hybridized carbons (Fsp3) is 0.200. The van der Waals surface area contributed by atoms with E-state index in [1.54, 1.807) is 19.4 Å². The zero-order valence-corrected chi connectivity index (χ0v) is 11.1. The van der Waals surface area contributed by atoms with E-state index >= 15 is 0 Å². The van der Waals surface area contributed by atoms with Gasteiger partial charge in [0.15, 0.2) is 18.9 Å². The summed E-state index contributed by atoms with van der Waals surface area (Å²) in [5.74, 6) is 0.419. The topological polar surface area (TPSA) is 56.2 Å². The van der Waals surface area contributed by atoms with Crippen LogP contribution in [0.3, 0.4) is 0 Å². The number of nitrogens with two attached hydrogens (primary N) is 1. The van der Waals surface area contributed by atoms with Gasteiger partial charge in [-0.1, -0.05) is 0 Å². The fourth-order valence-corrected chi connectivity index (χ4v) is 1.97. The first kappa shape index (κ1) is 13.1. The van der Waals surface area contributed by atoms with Crippen molar-refractivity contribution in [2.45, 2.75) is 13.5 Å². The zero-order valence-electron chi connectivity index (χ0n) is 11.1. The van der Waals surface area contributed by atoms with E-state index in [0.29, 0.717) is 12.1 Å². The van der Waals surface area contributed by atoms with Gasteiger partial charge in [0, 0.05) is 11.1 Å². The largest absolute Gasteiger partial charge is 0.497 e. The average molecular weight is 257 g/mol. The van der Waals surface area contributed by atoms with Crippen LogP contribution in [-0.4, -0.2) is 13.0 Å². The van der Waals surface area contributed by atoms with Crippen molar-refractivity contribution in [1.82, 2.24) is 0 Å². The Hall–Kier alpha value is -2.36. The predicted molar refractivity (Wildman–Crippen MR) is 72.0 cm³/mol. The molecule has 1 aromatic carbocycles. The molecule has 98 valence electrons. The van der Waals surface area contributed by atoms with Gasteiger partial charge in [-0.05, 0) is 37.3 Å². The van der Waals surface area contributed by atoms with Crippen molar-refractivity contribution in [3.8, 4) is 5.75 Å². The Morgan fingerprint density at radius 2 is 1.95 bits per heavy atom. The molecule has 0 atom stereocenters. The van der Waals surface area contributed by atoms with Gasteiger partial charge < -0.3 is 10.5 Å². The number of amides is 1. The highest BCUT2D eigenvalue weighted by Crippen LogP contribution is 2.11. The Morgan fingerprint density at radius 3 is 2.53 bits per heavy atom. The molecule has 2 aromatic rings. The van der Waals surface area contributed by atoms with Crippen LogP contribution in [0.15, 0.2) is 42.7 Å². The Kier molecular flexibility index (Phi) is 3.80. The highest BCUT2D eigenvalue weighted by atomic mass is 16.5. The summed E-state index contributed by atoms with van der Waals surface area (Å²) in [6.07, 6.45) is 3.75. The van der Waals surface area contributed by atoms with Gasteiger partial charge in [-0.15, -0.1) is 0 Å². The summed E-state index contributed by atoms with van der Waals surface area (Å²) >= 11 is 0. The van der Waals surface area contributed by atoms with E-state index in [2.05, 4.69) is 0 Å². The van der Waals surface area contributed by atoms with Crippen LogP contribution in [0.25, 0.3) is 0 Å². The number of aryl methyl sites for hydroxylation is 1. The molecule has 0 saturated carbocycles. The van der Waals surface area contributed by atoms with Crippen LogP contribution in [0.4, 0.5) is 0 Å². The molecule has 0 radical (unpaired) electrons. The summed E-state index contributed by atoms with van der Waals surface area (Å²) in [5.41, 5.74) is 7.97. The molecule has 0 unspecified atom stereocenters. The van der Waals surface area contributed by atoms with E-state index in [1.165, 1.54) is 0 Å². The molecule has 0 fully saturated rings. The normalized spacial score (nSPS) is 10.2. The van der Waals surface area contributed by atoms with Gasteiger partial charge in [0.2, 0.25) is 0 Å². The number of aromatic nitrogens is 1. The Morgan fingerprint density at radius 1 is 1.26 bits per heavy atom. The Labute approximate surface area is 112 Å². The van der Waals surface area contributed by atoms with Crippen LogP contribution in [0.5, 0.6) is 5.75 Å². The Balaban J connectivity index is 2.24. The monoisotopic (exact) mass is 257 g/mol. The number of primary amides is 1. The first-order valence-electron chi connectivity index (χ1n) is 6.02. The number of methoxy groups -OCH3 is 1. The minimum atomic E-state index is -0.410. The SMILES string of the molecule is COc1ccc(C[n+]2cc(C)cc(C(N)=O)c2)cc1. The number of hydrogen-bond acceptors (Lipinski definition) is 2. The molecule has 0 spiro atoms. The highest BCUT2D eigenvalue weighted by molar-refractivity contribution is 5.92. The second kappa shape index (κ2) is 5.52. The molecular formula is C15H17N2O2+. The summed E-state index contributed by atoms with van der Waals surface area (Å²) in [6.45, 7) is 2.63. The lowest BCUT2D eigenvalue weighted by Crippen LogP contribution is -2.35. The number of carbonyl (C=O) groups is 1. The van der Waals surface area contributed by atoms with Crippen LogP contribution in [0.1, 0.15) is 21.5 Å². The van der Waals surface area contributed by atoms with Crippen LogP contribution < -0.4 is 15.0 Å². The lowest BCUT2D eigenvalue weighted by molar-refractivity contribution is -0.688. The molecule has 1 heterocycles. The van der Waals surface area contributed by atoms with Gasteiger partial charge in [0.25, 0.3) is 5.91 Å². The number of hydrogen-bond donors (Lipinski definition) is 1. The lowest BCUT2D eigenvalue weighted by Gasteiger charge is -2.03. The minimum Gasteiger partial charge on any atom is -0.497 e. The van der Waals surface area contributed by atoms with E-state index in [4.69, 9.17) is 10.5 Å². The molecule has 4 nitrogen and oxygen atoms in total. The molecule has 0 aliphatic carbocycles. The van der Waals surface area contributed by atoms with Crippen molar-refractivity contribution in [2.75, 3.05) is 7.11 Å². The van der Waals surface area contributed by atoms with Crippen molar-refractivity contribution < 1.29 is 14.1 Å². The summed E-state index contributed by atoms with van der Waals surface area (Å²) in [6, 6.07) is 9.62. The molecule has 2 N–H and O–H groups in total. The summed E-state index contributed by atoms with van der Waals surface area (Å²) < 4.78 is 7.08. The second-order valence-electron chi connectivity index (χ2n) is 4.49. The number of nitrogens with zero attached hydrogens (tertiary/aromatic N) is 1. The maximum atomic E-state index is 11.2. The van der Waals surface area contributed by atoms with E-state index in [-0.39, 0.29) is 0 Å². The van der Waals surface area contributed by atoms with Gasteiger partial charge in [-0.2, -0.15) is 4.57 Å². The number of carbonyl (C=O) groups excluding carboxylic acids is 1. The van der Waals surface area contributed by atoms with Gasteiger partial charge >= 0.3 is 0 Å². The van der Waals surface area contributed by atoms with Crippen molar-refractivity contribution in [2.24, 2.45) is 5.73 Å². The van der Waals surface area contributed by atoms with Gasteiger partial charge in [-0.3, -0.25) is 4.79 Å². The first-order valence-corrected chi connectivity index (χ1v) is 6.02. The highest BCUT2D eigenvalue weighted by Gasteiger charge is 2.10. The van der Waals surface area contributed by atoms with Crippen LogP contribution in [-0.2, 0) is 6.54 Å². The standard InChI is InChI=1S/C15H16N2O2/c1-11-7-13(15(16)18)10-17(8-11)9-12-3-5-14(19-2)6-4-12/h3-8,10H,9H2,1-2H3,(H-,16,18)/p+1. The third kappa shape index (κ3) is 3.31. The summed E-state index contributed by atoms with van der Waals surface area (Å²) in [5, 5.41) is 0.